The molecular formula is C19H31ClN2O3S. The van der Waals surface area contributed by atoms with Gasteiger partial charge < -0.3 is 10.2 Å². The molecule has 0 radical (unpaired) electrons. The van der Waals surface area contributed by atoms with Crippen LogP contribution in [0, 0.1) is 5.92 Å². The lowest BCUT2D eigenvalue weighted by atomic mass is 10.0. The van der Waals surface area contributed by atoms with Gasteiger partial charge in [0, 0.05) is 26.1 Å². The minimum Gasteiger partial charge on any atom is -0.333 e. The minimum absolute atomic E-state index is 0. The van der Waals surface area contributed by atoms with Crippen LogP contribution in [0.5, 0.6) is 0 Å². The molecule has 0 aromatic heterocycles. The predicted molar refractivity (Wildman–Crippen MR) is 109 cm³/mol. The summed E-state index contributed by atoms with van der Waals surface area (Å²) in [5, 5.41) is 3.33. The fourth-order valence-electron chi connectivity index (χ4n) is 3.25. The Morgan fingerprint density at radius 2 is 1.92 bits per heavy atom. The van der Waals surface area contributed by atoms with Crippen molar-refractivity contribution in [3.8, 4) is 0 Å². The van der Waals surface area contributed by atoms with Gasteiger partial charge in [-0.25, -0.2) is 8.42 Å². The van der Waals surface area contributed by atoms with Crippen molar-refractivity contribution in [3.63, 3.8) is 0 Å². The fourth-order valence-corrected chi connectivity index (χ4v) is 4.92. The lowest BCUT2D eigenvalue weighted by Crippen LogP contribution is -2.49. The van der Waals surface area contributed by atoms with Gasteiger partial charge in [0.25, 0.3) is 0 Å². The van der Waals surface area contributed by atoms with E-state index in [0.29, 0.717) is 13.1 Å². The quantitative estimate of drug-likeness (QED) is 0.761. The standard InChI is InChI=1S/C19H30N2O3S.ClH/c1-4-16-5-7-17(8-6-16)18-13-20-10-11-21(18)19(22)9-12-25(23,24)14-15(2)3;/h5-8,15,18,20H,4,9-14H2,1-3H3;1H. The van der Waals surface area contributed by atoms with Crippen LogP contribution in [0.25, 0.3) is 0 Å². The summed E-state index contributed by atoms with van der Waals surface area (Å²) in [6, 6.07) is 8.32. The molecule has 7 heteroatoms. The number of nitrogens with zero attached hydrogens (tertiary/aromatic N) is 1. The number of carbonyl (C=O) groups excluding carboxylic acids is 1. The third-order valence-corrected chi connectivity index (χ3v) is 6.55. The Morgan fingerprint density at radius 3 is 2.50 bits per heavy atom. The number of hydrogen-bond acceptors (Lipinski definition) is 4. The Kier molecular flexibility index (Phi) is 9.07. The largest absolute Gasteiger partial charge is 0.333 e. The molecular weight excluding hydrogens is 372 g/mol. The van der Waals surface area contributed by atoms with Crippen LogP contribution in [-0.4, -0.2) is 50.4 Å². The number of benzene rings is 1. The lowest BCUT2D eigenvalue weighted by molar-refractivity contribution is -0.134. The van der Waals surface area contributed by atoms with Crippen molar-refractivity contribution in [3.05, 3.63) is 35.4 Å². The number of nitrogens with one attached hydrogen (secondary N) is 1. The monoisotopic (exact) mass is 402 g/mol. The molecule has 1 aliphatic rings. The highest BCUT2D eigenvalue weighted by Crippen LogP contribution is 2.23. The first-order valence-electron chi connectivity index (χ1n) is 9.12. The molecule has 5 nitrogen and oxygen atoms in total. The van der Waals surface area contributed by atoms with Crippen LogP contribution in [0.15, 0.2) is 24.3 Å². The van der Waals surface area contributed by atoms with Gasteiger partial charge in [-0.3, -0.25) is 4.79 Å². The molecule has 148 valence electrons. The number of amides is 1. The van der Waals surface area contributed by atoms with Gasteiger partial charge in [0.1, 0.15) is 0 Å². The number of rotatable bonds is 7. The molecule has 1 aliphatic heterocycles. The van der Waals surface area contributed by atoms with Gasteiger partial charge in [0.05, 0.1) is 17.5 Å². The topological polar surface area (TPSA) is 66.5 Å². The normalized spacial score (nSPS) is 17.8. The molecule has 1 unspecified atom stereocenters. The number of hydrogen-bond donors (Lipinski definition) is 1. The highest BCUT2D eigenvalue weighted by atomic mass is 35.5. The van der Waals surface area contributed by atoms with Gasteiger partial charge in [0.2, 0.25) is 5.91 Å². The number of carbonyl (C=O) groups is 1. The molecule has 26 heavy (non-hydrogen) atoms. The molecule has 1 aromatic rings. The average molecular weight is 403 g/mol. The maximum atomic E-state index is 12.7. The summed E-state index contributed by atoms with van der Waals surface area (Å²) in [6.07, 6.45) is 1.05. The average Bonchev–Trinajstić information content (AvgIpc) is 2.59. The second kappa shape index (κ2) is 10.3. The summed E-state index contributed by atoms with van der Waals surface area (Å²) in [7, 11) is -3.17. The Hall–Kier alpha value is -1.11. The predicted octanol–water partition coefficient (Wildman–Crippen LogP) is 2.60. The summed E-state index contributed by atoms with van der Waals surface area (Å²) in [5.41, 5.74) is 2.37. The highest BCUT2D eigenvalue weighted by Gasteiger charge is 2.28. The van der Waals surface area contributed by atoms with E-state index in [9.17, 15) is 13.2 Å². The van der Waals surface area contributed by atoms with Gasteiger partial charge in [-0.15, -0.1) is 12.4 Å². The van der Waals surface area contributed by atoms with Crippen LogP contribution in [0.3, 0.4) is 0 Å². The first kappa shape index (κ1) is 22.9. The van der Waals surface area contributed by atoms with Crippen LogP contribution in [-0.2, 0) is 21.1 Å². The van der Waals surface area contributed by atoms with Gasteiger partial charge in [-0.05, 0) is 23.5 Å². The maximum Gasteiger partial charge on any atom is 0.224 e. The summed E-state index contributed by atoms with van der Waals surface area (Å²) in [6.45, 7) is 7.94. The Bertz CT molecular complexity index is 675. The van der Waals surface area contributed by atoms with E-state index in [4.69, 9.17) is 0 Å². The van der Waals surface area contributed by atoms with Crippen LogP contribution in [0.2, 0.25) is 0 Å². The van der Waals surface area contributed by atoms with Crippen molar-refractivity contribution in [1.29, 1.82) is 0 Å². The van der Waals surface area contributed by atoms with Crippen molar-refractivity contribution in [2.24, 2.45) is 5.92 Å². The molecule has 1 atom stereocenters. The molecule has 0 spiro atoms. The van der Waals surface area contributed by atoms with E-state index in [-0.39, 0.29) is 48.2 Å². The van der Waals surface area contributed by atoms with Gasteiger partial charge >= 0.3 is 0 Å². The third kappa shape index (κ3) is 6.56. The van der Waals surface area contributed by atoms with E-state index in [1.807, 2.05) is 18.7 Å². The second-order valence-corrected chi connectivity index (χ2v) is 9.39. The van der Waals surface area contributed by atoms with Crippen molar-refractivity contribution in [2.75, 3.05) is 31.1 Å². The molecule has 1 N–H and O–H groups in total. The summed E-state index contributed by atoms with van der Waals surface area (Å²) < 4.78 is 24.1. The zero-order valence-electron chi connectivity index (χ0n) is 15.9. The van der Waals surface area contributed by atoms with Crippen molar-refractivity contribution in [2.45, 2.75) is 39.7 Å². The molecule has 0 saturated carbocycles. The van der Waals surface area contributed by atoms with Gasteiger partial charge in [-0.2, -0.15) is 0 Å². The van der Waals surface area contributed by atoms with Crippen LogP contribution in [0.4, 0.5) is 0 Å². The number of aryl methyl sites for hydroxylation is 1. The zero-order valence-corrected chi connectivity index (χ0v) is 17.5. The van der Waals surface area contributed by atoms with E-state index in [2.05, 4.69) is 36.5 Å². The van der Waals surface area contributed by atoms with Crippen LogP contribution < -0.4 is 5.32 Å². The smallest absolute Gasteiger partial charge is 0.224 e. The molecule has 0 bridgehead atoms. The number of halogens is 1. The van der Waals surface area contributed by atoms with E-state index < -0.39 is 9.84 Å². The summed E-state index contributed by atoms with van der Waals surface area (Å²) in [4.78, 5) is 14.5. The SMILES string of the molecule is CCc1ccc(C2CNCCN2C(=O)CCS(=O)(=O)CC(C)C)cc1.Cl. The van der Waals surface area contributed by atoms with Crippen LogP contribution >= 0.6 is 12.4 Å². The molecule has 0 aliphatic carbocycles. The highest BCUT2D eigenvalue weighted by molar-refractivity contribution is 7.91. The second-order valence-electron chi connectivity index (χ2n) is 7.16. The molecule has 1 fully saturated rings. The van der Waals surface area contributed by atoms with Crippen molar-refractivity contribution in [1.82, 2.24) is 10.2 Å². The molecule has 2 rings (SSSR count). The summed E-state index contributed by atoms with van der Waals surface area (Å²) >= 11 is 0. The molecule has 1 heterocycles. The van der Waals surface area contributed by atoms with E-state index >= 15 is 0 Å². The van der Waals surface area contributed by atoms with E-state index in [0.717, 1.165) is 18.5 Å². The fraction of sp³-hybridized carbons (Fsp3) is 0.632. The molecule has 1 saturated heterocycles. The van der Waals surface area contributed by atoms with Crippen LogP contribution in [0.1, 0.15) is 44.4 Å². The van der Waals surface area contributed by atoms with Gasteiger partial charge in [-0.1, -0.05) is 45.0 Å². The summed E-state index contributed by atoms with van der Waals surface area (Å²) in [5.74, 6) is 0.0987. The number of piperazine rings is 1. The Labute approximate surface area is 163 Å². The zero-order chi connectivity index (χ0) is 18.4. The van der Waals surface area contributed by atoms with E-state index in [1.54, 1.807) is 0 Å². The third-order valence-electron chi connectivity index (χ3n) is 4.55. The molecule has 1 amide bonds. The van der Waals surface area contributed by atoms with Crippen molar-refractivity contribution < 1.29 is 13.2 Å². The first-order chi connectivity index (χ1) is 11.8. The lowest BCUT2D eigenvalue weighted by Gasteiger charge is -2.36. The Morgan fingerprint density at radius 1 is 1.27 bits per heavy atom. The van der Waals surface area contributed by atoms with Crippen molar-refractivity contribution >= 4 is 28.2 Å². The Balaban J connectivity index is 0.00000338. The van der Waals surface area contributed by atoms with Gasteiger partial charge in [0.15, 0.2) is 9.84 Å². The number of sulfone groups is 1. The molecule has 1 aromatic carbocycles. The minimum atomic E-state index is -3.17. The van der Waals surface area contributed by atoms with E-state index in [1.165, 1.54) is 5.56 Å². The maximum absolute atomic E-state index is 12.7. The first-order valence-corrected chi connectivity index (χ1v) is 10.9.